The average Bonchev–Trinajstić information content (AvgIpc) is 2.73. The number of amides is 2. The van der Waals surface area contributed by atoms with E-state index in [-0.39, 0.29) is 12.4 Å². The number of halogens is 2. The van der Waals surface area contributed by atoms with Gasteiger partial charge in [0.15, 0.2) is 0 Å². The molecule has 0 aliphatic rings. The van der Waals surface area contributed by atoms with Crippen LogP contribution in [0.3, 0.4) is 0 Å². The Balaban J connectivity index is 1.86. The number of hydrazine groups is 2. The molecule has 3 aromatic rings. The molecule has 0 heterocycles. The molecule has 8 heteroatoms. The number of aryl methyl sites for hydroxylation is 1. The smallest absolute Gasteiger partial charge is 0.350 e. The third-order valence-corrected chi connectivity index (χ3v) is 4.72. The van der Waals surface area contributed by atoms with Crippen LogP contribution >= 0.6 is 11.6 Å². The number of hydrogen-bond donors (Lipinski definition) is 3. The van der Waals surface area contributed by atoms with E-state index in [9.17, 15) is 9.18 Å². The molecule has 0 radical (unpaired) electrons. The van der Waals surface area contributed by atoms with Crippen LogP contribution in [0.5, 0.6) is 5.75 Å². The topological polar surface area (TPSA) is 93.6 Å². The van der Waals surface area contributed by atoms with Gasteiger partial charge in [-0.05, 0) is 54.4 Å². The first-order valence-corrected chi connectivity index (χ1v) is 9.10. The number of carbonyl (C=O) groups excluding carboxylic acids is 1. The van der Waals surface area contributed by atoms with Gasteiger partial charge in [0.2, 0.25) is 0 Å². The maximum Gasteiger partial charge on any atom is 0.350 e. The summed E-state index contributed by atoms with van der Waals surface area (Å²) >= 11 is 5.91. The lowest BCUT2D eigenvalue weighted by atomic mass is 10.0. The minimum Gasteiger partial charge on any atom is -0.489 e. The van der Waals surface area contributed by atoms with Crippen LogP contribution in [0.2, 0.25) is 5.02 Å². The SMILES string of the molecule is Cc1cccc(N(N)C(=O)NN)c1COc1ccc(F)c(-c2ccc(Cl)cc2)c1. The van der Waals surface area contributed by atoms with Crippen molar-refractivity contribution in [3.63, 3.8) is 0 Å². The lowest BCUT2D eigenvalue weighted by Crippen LogP contribution is -2.48. The summed E-state index contributed by atoms with van der Waals surface area (Å²) in [6.07, 6.45) is 0. The van der Waals surface area contributed by atoms with Crippen molar-refractivity contribution in [2.24, 2.45) is 11.7 Å². The van der Waals surface area contributed by atoms with Crippen LogP contribution < -0.4 is 26.9 Å². The van der Waals surface area contributed by atoms with Gasteiger partial charge in [0, 0.05) is 16.1 Å². The molecule has 5 N–H and O–H groups in total. The number of anilines is 1. The highest BCUT2D eigenvalue weighted by Gasteiger charge is 2.16. The lowest BCUT2D eigenvalue weighted by molar-refractivity contribution is 0.246. The van der Waals surface area contributed by atoms with Gasteiger partial charge in [0.05, 0.1) is 5.69 Å². The van der Waals surface area contributed by atoms with Crippen molar-refractivity contribution in [1.29, 1.82) is 0 Å². The lowest BCUT2D eigenvalue weighted by Gasteiger charge is -2.21. The Hall–Kier alpha value is -3.13. The maximum atomic E-state index is 14.3. The van der Waals surface area contributed by atoms with Gasteiger partial charge in [0.1, 0.15) is 18.2 Å². The fourth-order valence-electron chi connectivity index (χ4n) is 2.88. The van der Waals surface area contributed by atoms with Gasteiger partial charge < -0.3 is 4.74 Å². The summed E-state index contributed by atoms with van der Waals surface area (Å²) in [4.78, 5) is 11.8. The van der Waals surface area contributed by atoms with E-state index in [0.717, 1.165) is 10.6 Å². The van der Waals surface area contributed by atoms with Crippen LogP contribution in [0.1, 0.15) is 11.1 Å². The Bertz CT molecular complexity index is 1030. The minimum absolute atomic E-state index is 0.124. The highest BCUT2D eigenvalue weighted by Crippen LogP contribution is 2.30. The standard InChI is InChI=1S/C21H20ClFN4O2/c1-13-3-2-4-20(27(25)21(28)26-24)18(13)12-29-16-9-10-19(23)17(11-16)14-5-7-15(22)8-6-14/h2-11H,12,24-25H2,1H3,(H,26,28). The van der Waals surface area contributed by atoms with E-state index in [2.05, 4.69) is 0 Å². The molecule has 29 heavy (non-hydrogen) atoms. The van der Waals surface area contributed by atoms with Crippen molar-refractivity contribution in [1.82, 2.24) is 5.43 Å². The first kappa shape index (κ1) is 20.6. The number of carbonyl (C=O) groups is 1. The predicted octanol–water partition coefficient (Wildman–Crippen LogP) is 4.30. The zero-order valence-electron chi connectivity index (χ0n) is 15.7. The van der Waals surface area contributed by atoms with Gasteiger partial charge in [-0.25, -0.2) is 25.9 Å². The monoisotopic (exact) mass is 414 g/mol. The van der Waals surface area contributed by atoms with Crippen molar-refractivity contribution in [2.75, 3.05) is 5.01 Å². The van der Waals surface area contributed by atoms with Crippen molar-refractivity contribution in [3.05, 3.63) is 82.6 Å². The summed E-state index contributed by atoms with van der Waals surface area (Å²) in [6, 6.07) is 16.0. The van der Waals surface area contributed by atoms with Crippen LogP contribution in [0.15, 0.2) is 60.7 Å². The van der Waals surface area contributed by atoms with E-state index in [1.165, 1.54) is 6.07 Å². The number of rotatable bonds is 5. The predicted molar refractivity (Wildman–Crippen MR) is 112 cm³/mol. The van der Waals surface area contributed by atoms with Gasteiger partial charge in [-0.3, -0.25) is 5.43 Å². The summed E-state index contributed by atoms with van der Waals surface area (Å²) in [5.74, 6) is 11.1. The average molecular weight is 415 g/mol. The highest BCUT2D eigenvalue weighted by molar-refractivity contribution is 6.30. The largest absolute Gasteiger partial charge is 0.489 e. The Labute approximate surface area is 172 Å². The Morgan fingerprint density at radius 2 is 1.90 bits per heavy atom. The molecule has 2 amide bonds. The second-order valence-corrected chi connectivity index (χ2v) is 6.77. The molecular formula is C21H20ClFN4O2. The molecule has 0 aromatic heterocycles. The van der Waals surface area contributed by atoms with Crippen LogP contribution in [0.4, 0.5) is 14.9 Å². The number of nitrogens with one attached hydrogen (secondary N) is 1. The van der Waals surface area contributed by atoms with Crippen molar-refractivity contribution in [3.8, 4) is 16.9 Å². The number of benzene rings is 3. The fourth-order valence-corrected chi connectivity index (χ4v) is 3.01. The van der Waals surface area contributed by atoms with E-state index in [1.54, 1.807) is 48.5 Å². The summed E-state index contributed by atoms with van der Waals surface area (Å²) in [6.45, 7) is 2.00. The second kappa shape index (κ2) is 8.91. The van der Waals surface area contributed by atoms with Crippen LogP contribution in [0.25, 0.3) is 11.1 Å². The number of nitrogens with zero attached hydrogens (tertiary/aromatic N) is 1. The van der Waals surface area contributed by atoms with Crippen molar-refractivity contribution < 1.29 is 13.9 Å². The summed E-state index contributed by atoms with van der Waals surface area (Å²) in [5.41, 5.74) is 5.10. The van der Waals surface area contributed by atoms with Crippen molar-refractivity contribution >= 4 is 23.3 Å². The second-order valence-electron chi connectivity index (χ2n) is 6.33. The normalized spacial score (nSPS) is 10.5. The molecule has 0 fully saturated rings. The molecule has 0 saturated heterocycles. The number of hydrogen-bond acceptors (Lipinski definition) is 4. The Morgan fingerprint density at radius 3 is 2.59 bits per heavy atom. The summed E-state index contributed by atoms with van der Waals surface area (Å²) in [5, 5.41) is 1.48. The third-order valence-electron chi connectivity index (χ3n) is 4.46. The summed E-state index contributed by atoms with van der Waals surface area (Å²) < 4.78 is 20.2. The van der Waals surface area contributed by atoms with Crippen LogP contribution in [-0.2, 0) is 6.61 Å². The van der Waals surface area contributed by atoms with Gasteiger partial charge in [0.25, 0.3) is 0 Å². The first-order valence-electron chi connectivity index (χ1n) is 8.73. The number of ether oxygens (including phenoxy) is 1. The molecule has 0 saturated carbocycles. The van der Waals surface area contributed by atoms with Crippen molar-refractivity contribution in [2.45, 2.75) is 13.5 Å². The molecule has 0 bridgehead atoms. The molecule has 0 aliphatic carbocycles. The number of urea groups is 1. The maximum absolute atomic E-state index is 14.3. The molecule has 0 aliphatic heterocycles. The third kappa shape index (κ3) is 4.65. The molecule has 0 spiro atoms. The van der Waals surface area contributed by atoms with E-state index in [1.807, 2.05) is 18.4 Å². The van der Waals surface area contributed by atoms with E-state index in [4.69, 9.17) is 28.0 Å². The number of nitrogens with two attached hydrogens (primary N) is 2. The van der Waals surface area contributed by atoms with Gasteiger partial charge in [-0.15, -0.1) is 0 Å². The van der Waals surface area contributed by atoms with E-state index >= 15 is 0 Å². The van der Waals surface area contributed by atoms with E-state index < -0.39 is 6.03 Å². The molecular weight excluding hydrogens is 395 g/mol. The van der Waals surface area contributed by atoms with Gasteiger partial charge in [-0.2, -0.15) is 0 Å². The Morgan fingerprint density at radius 1 is 1.17 bits per heavy atom. The zero-order chi connectivity index (χ0) is 21.0. The molecule has 3 aromatic carbocycles. The van der Waals surface area contributed by atoms with E-state index in [0.29, 0.717) is 33.1 Å². The van der Waals surface area contributed by atoms with Gasteiger partial charge in [-0.1, -0.05) is 35.9 Å². The minimum atomic E-state index is -0.663. The quantitative estimate of drug-likeness (QED) is 0.329. The van der Waals surface area contributed by atoms with Gasteiger partial charge >= 0.3 is 6.03 Å². The zero-order valence-corrected chi connectivity index (χ0v) is 16.4. The summed E-state index contributed by atoms with van der Waals surface area (Å²) in [7, 11) is 0. The molecule has 6 nitrogen and oxygen atoms in total. The highest BCUT2D eigenvalue weighted by atomic mass is 35.5. The molecule has 0 atom stereocenters. The first-order chi connectivity index (χ1) is 13.9. The van der Waals surface area contributed by atoms with Crippen LogP contribution in [-0.4, -0.2) is 6.03 Å². The molecule has 3 rings (SSSR count). The van der Waals surface area contributed by atoms with Crippen LogP contribution in [0, 0.1) is 12.7 Å². The molecule has 150 valence electrons. The Kier molecular flexibility index (Phi) is 6.33. The fraction of sp³-hybridized carbons (Fsp3) is 0.0952. The molecule has 0 unspecified atom stereocenters.